The van der Waals surface area contributed by atoms with Crippen molar-refractivity contribution in [1.82, 2.24) is 20.3 Å². The Morgan fingerprint density at radius 3 is 2.96 bits per heavy atom. The first kappa shape index (κ1) is 16.2. The van der Waals surface area contributed by atoms with E-state index in [-0.39, 0.29) is 5.91 Å². The van der Waals surface area contributed by atoms with Crippen LogP contribution in [0.2, 0.25) is 0 Å². The quantitative estimate of drug-likeness (QED) is 0.787. The summed E-state index contributed by atoms with van der Waals surface area (Å²) in [5.41, 5.74) is 3.76. The second-order valence-corrected chi connectivity index (χ2v) is 6.19. The summed E-state index contributed by atoms with van der Waals surface area (Å²) >= 11 is 0. The lowest BCUT2D eigenvalue weighted by Gasteiger charge is -2.30. The van der Waals surface area contributed by atoms with Gasteiger partial charge in [-0.05, 0) is 36.1 Å². The monoisotopic (exact) mass is 345 g/mol. The number of fused-ring (bicyclic) bond motifs is 1. The number of carbonyl (C=O) groups is 1. The van der Waals surface area contributed by atoms with Crippen LogP contribution in [0.4, 0.5) is 11.5 Å². The van der Waals surface area contributed by atoms with Gasteiger partial charge in [0.2, 0.25) is 0 Å². The Morgan fingerprint density at radius 1 is 1.15 bits per heavy atom. The van der Waals surface area contributed by atoms with Gasteiger partial charge in [-0.15, -0.1) is 0 Å². The topological polar surface area (TPSA) is 71.0 Å². The standard InChI is InChI=1S/C20H19N5O/c26-20(22-13-15-5-3-9-21-12-15)17-11-19(24-14-23-17)25-10-4-7-16-6-1-2-8-18(16)25/h1-3,5-6,8-9,11-12,14H,4,7,10,13H2,(H,22,26). The van der Waals surface area contributed by atoms with E-state index in [4.69, 9.17) is 0 Å². The van der Waals surface area contributed by atoms with Crippen LogP contribution in [0.15, 0.2) is 61.2 Å². The van der Waals surface area contributed by atoms with Crippen molar-refractivity contribution in [2.24, 2.45) is 0 Å². The number of anilines is 2. The Bertz CT molecular complexity index is 913. The van der Waals surface area contributed by atoms with Gasteiger partial charge in [0.15, 0.2) is 0 Å². The lowest BCUT2D eigenvalue weighted by molar-refractivity contribution is 0.0945. The smallest absolute Gasteiger partial charge is 0.270 e. The van der Waals surface area contributed by atoms with Crippen LogP contribution in [-0.2, 0) is 13.0 Å². The minimum absolute atomic E-state index is 0.220. The van der Waals surface area contributed by atoms with E-state index < -0.39 is 0 Å². The molecule has 2 aromatic heterocycles. The van der Waals surface area contributed by atoms with E-state index in [1.165, 1.54) is 11.9 Å². The molecule has 0 radical (unpaired) electrons. The molecule has 1 aliphatic heterocycles. The van der Waals surface area contributed by atoms with Crippen LogP contribution in [0.5, 0.6) is 0 Å². The number of rotatable bonds is 4. The molecule has 4 rings (SSSR count). The van der Waals surface area contributed by atoms with E-state index in [1.54, 1.807) is 18.5 Å². The van der Waals surface area contributed by atoms with E-state index >= 15 is 0 Å². The minimum atomic E-state index is -0.220. The zero-order valence-corrected chi connectivity index (χ0v) is 14.3. The van der Waals surface area contributed by atoms with Crippen molar-refractivity contribution in [1.29, 1.82) is 0 Å². The highest BCUT2D eigenvalue weighted by Crippen LogP contribution is 2.32. The molecule has 0 bridgehead atoms. The number of aromatic nitrogens is 3. The Hall–Kier alpha value is -3.28. The molecule has 1 aliphatic rings. The molecule has 0 fully saturated rings. The highest BCUT2D eigenvalue weighted by molar-refractivity contribution is 5.93. The van der Waals surface area contributed by atoms with Gasteiger partial charge in [-0.1, -0.05) is 24.3 Å². The number of hydrogen-bond donors (Lipinski definition) is 1. The number of para-hydroxylation sites is 1. The van der Waals surface area contributed by atoms with Gasteiger partial charge in [0.1, 0.15) is 17.8 Å². The van der Waals surface area contributed by atoms with Crippen LogP contribution in [0.25, 0.3) is 0 Å². The average Bonchev–Trinajstić information content (AvgIpc) is 2.72. The van der Waals surface area contributed by atoms with Crippen molar-refractivity contribution in [3.8, 4) is 0 Å². The van der Waals surface area contributed by atoms with Crippen molar-refractivity contribution in [3.63, 3.8) is 0 Å². The normalized spacial score (nSPS) is 13.2. The van der Waals surface area contributed by atoms with Crippen molar-refractivity contribution >= 4 is 17.4 Å². The summed E-state index contributed by atoms with van der Waals surface area (Å²) < 4.78 is 0. The molecule has 6 nitrogen and oxygen atoms in total. The van der Waals surface area contributed by atoms with Crippen molar-refractivity contribution in [3.05, 3.63) is 78.0 Å². The molecular formula is C20H19N5O. The van der Waals surface area contributed by atoms with Crippen LogP contribution in [0.1, 0.15) is 28.0 Å². The molecule has 26 heavy (non-hydrogen) atoms. The van der Waals surface area contributed by atoms with Crippen molar-refractivity contribution in [2.75, 3.05) is 11.4 Å². The molecular weight excluding hydrogens is 326 g/mol. The lowest BCUT2D eigenvalue weighted by Crippen LogP contribution is -2.27. The highest BCUT2D eigenvalue weighted by Gasteiger charge is 2.20. The molecule has 0 saturated heterocycles. The number of aryl methyl sites for hydroxylation is 1. The van der Waals surface area contributed by atoms with Crippen molar-refractivity contribution in [2.45, 2.75) is 19.4 Å². The van der Waals surface area contributed by atoms with Gasteiger partial charge in [-0.3, -0.25) is 9.78 Å². The van der Waals surface area contributed by atoms with E-state index in [0.29, 0.717) is 12.2 Å². The predicted octanol–water partition coefficient (Wildman–Crippen LogP) is 2.89. The summed E-state index contributed by atoms with van der Waals surface area (Å²) in [5.74, 6) is 0.529. The lowest BCUT2D eigenvalue weighted by atomic mass is 10.0. The Balaban J connectivity index is 1.53. The Labute approximate surface area is 151 Å². The number of amides is 1. The molecule has 0 spiro atoms. The molecule has 6 heteroatoms. The molecule has 0 unspecified atom stereocenters. The average molecular weight is 345 g/mol. The fraction of sp³-hybridized carbons (Fsp3) is 0.200. The number of benzene rings is 1. The van der Waals surface area contributed by atoms with Crippen LogP contribution in [0, 0.1) is 0 Å². The van der Waals surface area contributed by atoms with Gasteiger partial charge in [-0.25, -0.2) is 9.97 Å². The van der Waals surface area contributed by atoms with Crippen LogP contribution >= 0.6 is 0 Å². The molecule has 3 heterocycles. The number of pyridine rings is 1. The van der Waals surface area contributed by atoms with Gasteiger partial charge in [-0.2, -0.15) is 0 Å². The summed E-state index contributed by atoms with van der Waals surface area (Å²) in [6.45, 7) is 1.29. The molecule has 0 aliphatic carbocycles. The third-order valence-electron chi connectivity index (χ3n) is 4.45. The Kier molecular flexibility index (Phi) is 4.55. The first-order valence-electron chi connectivity index (χ1n) is 8.66. The fourth-order valence-electron chi connectivity index (χ4n) is 3.17. The zero-order valence-electron chi connectivity index (χ0n) is 14.3. The summed E-state index contributed by atoms with van der Waals surface area (Å²) in [6.07, 6.45) is 7.01. The van der Waals surface area contributed by atoms with Gasteiger partial charge in [0, 0.05) is 37.2 Å². The summed E-state index contributed by atoms with van der Waals surface area (Å²) in [7, 11) is 0. The minimum Gasteiger partial charge on any atom is -0.347 e. The second-order valence-electron chi connectivity index (χ2n) is 6.19. The largest absolute Gasteiger partial charge is 0.347 e. The molecule has 0 atom stereocenters. The first-order chi connectivity index (χ1) is 12.8. The number of hydrogen-bond acceptors (Lipinski definition) is 5. The third-order valence-corrected chi connectivity index (χ3v) is 4.45. The predicted molar refractivity (Wildman–Crippen MR) is 99.2 cm³/mol. The zero-order chi connectivity index (χ0) is 17.8. The summed E-state index contributed by atoms with van der Waals surface area (Å²) in [5, 5.41) is 2.88. The maximum Gasteiger partial charge on any atom is 0.270 e. The third kappa shape index (κ3) is 3.39. The second kappa shape index (κ2) is 7.31. The van der Waals surface area contributed by atoms with E-state index in [2.05, 4.69) is 43.4 Å². The number of nitrogens with zero attached hydrogens (tertiary/aromatic N) is 4. The van der Waals surface area contributed by atoms with Gasteiger partial charge >= 0.3 is 0 Å². The Morgan fingerprint density at radius 2 is 2.08 bits per heavy atom. The molecule has 1 aromatic carbocycles. The fourth-order valence-corrected chi connectivity index (χ4v) is 3.17. The molecule has 0 saturated carbocycles. The van der Waals surface area contributed by atoms with E-state index in [9.17, 15) is 4.79 Å². The summed E-state index contributed by atoms with van der Waals surface area (Å²) in [6, 6.07) is 13.8. The SMILES string of the molecule is O=C(NCc1cccnc1)c1cc(N2CCCc3ccccc32)ncn1. The van der Waals surface area contributed by atoms with Crippen LogP contribution in [-0.4, -0.2) is 27.4 Å². The number of nitrogens with one attached hydrogen (secondary N) is 1. The van der Waals surface area contributed by atoms with Crippen LogP contribution in [0.3, 0.4) is 0 Å². The first-order valence-corrected chi connectivity index (χ1v) is 8.66. The maximum absolute atomic E-state index is 12.5. The van der Waals surface area contributed by atoms with Gasteiger partial charge in [0.25, 0.3) is 5.91 Å². The molecule has 3 aromatic rings. The van der Waals surface area contributed by atoms with E-state index in [0.717, 1.165) is 36.5 Å². The van der Waals surface area contributed by atoms with E-state index in [1.807, 2.05) is 18.2 Å². The molecule has 1 amide bonds. The van der Waals surface area contributed by atoms with Gasteiger partial charge < -0.3 is 10.2 Å². The maximum atomic E-state index is 12.5. The highest BCUT2D eigenvalue weighted by atomic mass is 16.1. The number of carbonyl (C=O) groups excluding carboxylic acids is 1. The summed E-state index contributed by atoms with van der Waals surface area (Å²) in [4.78, 5) is 27.2. The van der Waals surface area contributed by atoms with Gasteiger partial charge in [0.05, 0.1) is 0 Å². The van der Waals surface area contributed by atoms with Crippen molar-refractivity contribution < 1.29 is 4.79 Å². The molecule has 1 N–H and O–H groups in total. The molecule has 130 valence electrons. The van der Waals surface area contributed by atoms with Crippen LogP contribution < -0.4 is 10.2 Å².